The summed E-state index contributed by atoms with van der Waals surface area (Å²) in [5.74, 6) is -0.802. The number of thiazole rings is 1. The molecular formula is C13H14N2O3S. The number of aromatic nitrogens is 1. The smallest absolute Gasteiger partial charge is 0.338 e. The zero-order valence-corrected chi connectivity index (χ0v) is 11.5. The normalized spacial score (nSPS) is 12.1. The Morgan fingerprint density at radius 3 is 3.00 bits per heavy atom. The first-order chi connectivity index (χ1) is 9.11. The number of amides is 1. The first kappa shape index (κ1) is 13.5. The second-order valence-electron chi connectivity index (χ2n) is 3.98. The number of nitrogens with zero attached hydrogens (tertiary/aromatic N) is 1. The average Bonchev–Trinajstić information content (AvgIpc) is 2.85. The Bertz CT molecular complexity index is 609. The van der Waals surface area contributed by atoms with Crippen molar-refractivity contribution in [3.8, 4) is 0 Å². The lowest BCUT2D eigenvalue weighted by Gasteiger charge is -2.12. The molecule has 0 saturated heterocycles. The Balaban J connectivity index is 2.08. The third-order valence-corrected chi connectivity index (χ3v) is 3.36. The van der Waals surface area contributed by atoms with E-state index in [-0.39, 0.29) is 5.91 Å². The van der Waals surface area contributed by atoms with Crippen LogP contribution in [0.15, 0.2) is 23.7 Å². The van der Waals surface area contributed by atoms with Gasteiger partial charge in [-0.25, -0.2) is 9.78 Å². The molecule has 0 aliphatic carbocycles. The van der Waals surface area contributed by atoms with Crippen LogP contribution in [-0.4, -0.2) is 29.5 Å². The van der Waals surface area contributed by atoms with Crippen LogP contribution in [0.1, 0.15) is 24.2 Å². The maximum absolute atomic E-state index is 11.9. The fraction of sp³-hybridized carbons (Fsp3) is 0.308. The molecule has 0 radical (unpaired) electrons. The average molecular weight is 278 g/mol. The van der Waals surface area contributed by atoms with Crippen LogP contribution in [0.2, 0.25) is 0 Å². The number of ether oxygens (including phenoxy) is 1. The third-order valence-electron chi connectivity index (χ3n) is 2.57. The Labute approximate surface area is 114 Å². The topological polar surface area (TPSA) is 68.3 Å². The Hall–Kier alpha value is -1.95. The number of esters is 1. The number of nitrogens with one attached hydrogen (secondary N) is 1. The molecule has 2 rings (SSSR count). The van der Waals surface area contributed by atoms with E-state index in [4.69, 9.17) is 4.74 Å². The highest BCUT2D eigenvalue weighted by molar-refractivity contribution is 7.16. The van der Waals surface area contributed by atoms with Gasteiger partial charge in [-0.15, -0.1) is 11.3 Å². The highest BCUT2D eigenvalue weighted by atomic mass is 32.1. The molecule has 0 aliphatic rings. The second kappa shape index (κ2) is 5.79. The summed E-state index contributed by atoms with van der Waals surface area (Å²) in [6, 6.07) is 5.13. The second-order valence-corrected chi connectivity index (χ2v) is 4.86. The molecule has 1 aromatic carbocycles. The summed E-state index contributed by atoms with van der Waals surface area (Å²) >= 11 is 1.45. The summed E-state index contributed by atoms with van der Waals surface area (Å²) < 4.78 is 6.03. The molecule has 1 atom stereocenters. The van der Waals surface area contributed by atoms with Gasteiger partial charge in [0.05, 0.1) is 21.3 Å². The molecule has 0 fully saturated rings. The summed E-state index contributed by atoms with van der Waals surface area (Å²) in [6.07, 6.45) is -0.801. The van der Waals surface area contributed by atoms with E-state index in [1.54, 1.807) is 30.6 Å². The first-order valence-corrected chi connectivity index (χ1v) is 6.81. The van der Waals surface area contributed by atoms with E-state index in [1.807, 2.05) is 6.92 Å². The summed E-state index contributed by atoms with van der Waals surface area (Å²) in [5, 5.41) is 2.60. The Morgan fingerprint density at radius 2 is 2.26 bits per heavy atom. The van der Waals surface area contributed by atoms with Gasteiger partial charge in [-0.1, -0.05) is 0 Å². The van der Waals surface area contributed by atoms with Crippen molar-refractivity contribution >= 4 is 33.4 Å². The van der Waals surface area contributed by atoms with Crippen molar-refractivity contribution in [1.29, 1.82) is 0 Å². The van der Waals surface area contributed by atoms with Crippen molar-refractivity contribution in [2.75, 3.05) is 6.54 Å². The SMILES string of the molecule is CCNC(=O)[C@H](C)OC(=O)c1ccc2ncsc2c1. The molecule has 0 unspecified atom stereocenters. The van der Waals surface area contributed by atoms with Crippen LogP contribution in [0, 0.1) is 0 Å². The van der Waals surface area contributed by atoms with Gasteiger partial charge in [0.25, 0.3) is 5.91 Å². The Morgan fingerprint density at radius 1 is 1.47 bits per heavy atom. The van der Waals surface area contributed by atoms with E-state index in [0.29, 0.717) is 12.1 Å². The van der Waals surface area contributed by atoms with Crippen molar-refractivity contribution in [2.24, 2.45) is 0 Å². The number of fused-ring (bicyclic) bond motifs is 1. The predicted octanol–water partition coefficient (Wildman–Crippen LogP) is 1.98. The van der Waals surface area contributed by atoms with Gasteiger partial charge < -0.3 is 10.1 Å². The van der Waals surface area contributed by atoms with Crippen molar-refractivity contribution in [1.82, 2.24) is 10.3 Å². The minimum Gasteiger partial charge on any atom is -0.449 e. The quantitative estimate of drug-likeness (QED) is 0.868. The molecular weight excluding hydrogens is 264 g/mol. The first-order valence-electron chi connectivity index (χ1n) is 5.93. The molecule has 1 amide bonds. The fourth-order valence-corrected chi connectivity index (χ4v) is 2.30. The van der Waals surface area contributed by atoms with E-state index < -0.39 is 12.1 Å². The van der Waals surface area contributed by atoms with Crippen molar-refractivity contribution in [3.05, 3.63) is 29.3 Å². The monoisotopic (exact) mass is 278 g/mol. The third kappa shape index (κ3) is 3.08. The number of benzene rings is 1. The van der Waals surface area contributed by atoms with Gasteiger partial charge in [0.15, 0.2) is 6.10 Å². The summed E-state index contributed by atoms with van der Waals surface area (Å²) in [4.78, 5) is 27.5. The summed E-state index contributed by atoms with van der Waals surface area (Å²) in [7, 11) is 0. The van der Waals surface area contributed by atoms with Crippen LogP contribution in [0.4, 0.5) is 0 Å². The number of rotatable bonds is 4. The van der Waals surface area contributed by atoms with Crippen molar-refractivity contribution in [2.45, 2.75) is 20.0 Å². The number of carbonyl (C=O) groups is 2. The molecule has 1 aromatic heterocycles. The standard InChI is InChI=1S/C13H14N2O3S/c1-3-14-12(16)8(2)18-13(17)9-4-5-10-11(6-9)19-7-15-10/h4-8H,3H2,1-2H3,(H,14,16)/t8-/m0/s1. The summed E-state index contributed by atoms with van der Waals surface area (Å²) in [6.45, 7) is 3.87. The van der Waals surface area contributed by atoms with Gasteiger partial charge >= 0.3 is 5.97 Å². The van der Waals surface area contributed by atoms with Crippen molar-refractivity contribution in [3.63, 3.8) is 0 Å². The van der Waals surface area contributed by atoms with Crippen LogP contribution in [-0.2, 0) is 9.53 Å². The maximum Gasteiger partial charge on any atom is 0.338 e. The minimum absolute atomic E-state index is 0.297. The molecule has 5 nitrogen and oxygen atoms in total. The molecule has 19 heavy (non-hydrogen) atoms. The largest absolute Gasteiger partial charge is 0.449 e. The molecule has 0 saturated carbocycles. The van der Waals surface area contributed by atoms with Gasteiger partial charge in [0.2, 0.25) is 0 Å². The van der Waals surface area contributed by atoms with E-state index in [2.05, 4.69) is 10.3 Å². The van der Waals surface area contributed by atoms with E-state index in [0.717, 1.165) is 10.2 Å². The lowest BCUT2D eigenvalue weighted by atomic mass is 10.2. The molecule has 6 heteroatoms. The van der Waals surface area contributed by atoms with Gasteiger partial charge in [-0.2, -0.15) is 0 Å². The van der Waals surface area contributed by atoms with Gasteiger partial charge in [-0.3, -0.25) is 4.79 Å². The molecule has 0 bridgehead atoms. The number of carbonyl (C=O) groups excluding carboxylic acids is 2. The van der Waals surface area contributed by atoms with E-state index in [9.17, 15) is 9.59 Å². The number of hydrogen-bond acceptors (Lipinski definition) is 5. The maximum atomic E-state index is 11.9. The molecule has 100 valence electrons. The minimum atomic E-state index is -0.801. The van der Waals surface area contributed by atoms with Crippen LogP contribution < -0.4 is 5.32 Å². The summed E-state index contributed by atoms with van der Waals surface area (Å²) in [5.41, 5.74) is 2.99. The van der Waals surface area contributed by atoms with Crippen molar-refractivity contribution < 1.29 is 14.3 Å². The molecule has 1 N–H and O–H groups in total. The predicted molar refractivity (Wildman–Crippen MR) is 73.2 cm³/mol. The zero-order valence-electron chi connectivity index (χ0n) is 10.7. The molecule has 1 heterocycles. The molecule has 0 spiro atoms. The fourth-order valence-electron chi connectivity index (χ4n) is 1.58. The van der Waals surface area contributed by atoms with Gasteiger partial charge in [-0.05, 0) is 32.0 Å². The van der Waals surface area contributed by atoms with Crippen LogP contribution in [0.25, 0.3) is 10.2 Å². The highest BCUT2D eigenvalue weighted by Gasteiger charge is 2.18. The van der Waals surface area contributed by atoms with Gasteiger partial charge in [0, 0.05) is 6.54 Å². The highest BCUT2D eigenvalue weighted by Crippen LogP contribution is 2.19. The van der Waals surface area contributed by atoms with E-state index >= 15 is 0 Å². The van der Waals surface area contributed by atoms with E-state index in [1.165, 1.54) is 11.3 Å². The lowest BCUT2D eigenvalue weighted by Crippen LogP contribution is -2.35. The zero-order chi connectivity index (χ0) is 13.8. The van der Waals surface area contributed by atoms with Crippen LogP contribution in [0.5, 0.6) is 0 Å². The lowest BCUT2D eigenvalue weighted by molar-refractivity contribution is -0.128. The number of hydrogen-bond donors (Lipinski definition) is 1. The molecule has 0 aliphatic heterocycles. The Kier molecular flexibility index (Phi) is 4.11. The van der Waals surface area contributed by atoms with Crippen LogP contribution >= 0.6 is 11.3 Å². The van der Waals surface area contributed by atoms with Crippen LogP contribution in [0.3, 0.4) is 0 Å². The molecule has 2 aromatic rings. The van der Waals surface area contributed by atoms with Gasteiger partial charge in [0.1, 0.15) is 0 Å². The number of likely N-dealkylation sites (N-methyl/N-ethyl adjacent to an activating group) is 1.